The van der Waals surface area contributed by atoms with E-state index in [1.807, 2.05) is 19.9 Å². The zero-order valence-corrected chi connectivity index (χ0v) is 14.3. The van der Waals surface area contributed by atoms with Crippen molar-refractivity contribution < 1.29 is 13.9 Å². The number of allylic oxidation sites excluding steroid dienone is 1. The molecule has 0 atom stereocenters. The molecule has 0 bridgehead atoms. The second-order valence-electron chi connectivity index (χ2n) is 5.78. The topological polar surface area (TPSA) is 62.1 Å². The highest BCUT2D eigenvalue weighted by Crippen LogP contribution is 2.22. The Balaban J connectivity index is 2.14. The number of nitriles is 1. The second-order valence-corrected chi connectivity index (χ2v) is 5.78. The maximum absolute atomic E-state index is 14.4. The molecule has 2 aromatic rings. The number of amides is 1. The molecule has 0 saturated carbocycles. The molecule has 0 aliphatic carbocycles. The predicted molar refractivity (Wildman–Crippen MR) is 95.7 cm³/mol. The first kappa shape index (κ1) is 18.2. The van der Waals surface area contributed by atoms with Gasteiger partial charge in [0.15, 0.2) is 5.83 Å². The fourth-order valence-corrected chi connectivity index (χ4v) is 2.19. The Morgan fingerprint density at radius 3 is 2.48 bits per heavy atom. The number of nitrogens with one attached hydrogen (secondary N) is 1. The van der Waals surface area contributed by atoms with Gasteiger partial charge in [0.25, 0.3) is 5.91 Å². The predicted octanol–water partition coefficient (Wildman–Crippen LogP) is 4.68. The molecular weight excluding hydrogens is 319 g/mol. The van der Waals surface area contributed by atoms with Crippen molar-refractivity contribution in [1.82, 2.24) is 0 Å². The second kappa shape index (κ2) is 8.11. The molecule has 4 nitrogen and oxygen atoms in total. The van der Waals surface area contributed by atoms with Crippen LogP contribution < -0.4 is 10.1 Å². The lowest BCUT2D eigenvalue weighted by molar-refractivity contribution is -0.114. The number of carbonyl (C=O) groups excluding carboxylic acids is 1. The van der Waals surface area contributed by atoms with Gasteiger partial charge in [0, 0.05) is 5.69 Å². The highest BCUT2D eigenvalue weighted by Gasteiger charge is 2.14. The Hall–Kier alpha value is -3.13. The van der Waals surface area contributed by atoms with Crippen LogP contribution in [0.3, 0.4) is 0 Å². The van der Waals surface area contributed by atoms with Gasteiger partial charge in [-0.15, -0.1) is 0 Å². The van der Waals surface area contributed by atoms with Crippen LogP contribution in [0.15, 0.2) is 54.4 Å². The van der Waals surface area contributed by atoms with Crippen LogP contribution in [-0.2, 0) is 4.79 Å². The third kappa shape index (κ3) is 4.92. The van der Waals surface area contributed by atoms with Gasteiger partial charge < -0.3 is 10.1 Å². The molecule has 0 spiro atoms. The van der Waals surface area contributed by atoms with Gasteiger partial charge in [0.05, 0.1) is 17.7 Å². The summed E-state index contributed by atoms with van der Waals surface area (Å²) in [6, 6.07) is 15.2. The van der Waals surface area contributed by atoms with Gasteiger partial charge in [-0.25, -0.2) is 4.39 Å². The summed E-state index contributed by atoms with van der Waals surface area (Å²) in [7, 11) is 0. The quantitative estimate of drug-likeness (QED) is 0.805. The minimum Gasteiger partial charge on any atom is -0.491 e. The molecule has 0 aromatic heterocycles. The largest absolute Gasteiger partial charge is 0.491 e. The van der Waals surface area contributed by atoms with Crippen LogP contribution in [0.4, 0.5) is 10.1 Å². The van der Waals surface area contributed by atoms with Crippen LogP contribution in [0.25, 0.3) is 5.57 Å². The van der Waals surface area contributed by atoms with Crippen molar-refractivity contribution in [3.05, 3.63) is 65.5 Å². The molecule has 0 heterocycles. The fraction of sp³-hybridized carbons (Fsp3) is 0.200. The molecule has 0 unspecified atom stereocenters. The number of benzene rings is 2. The maximum atomic E-state index is 14.4. The van der Waals surface area contributed by atoms with E-state index in [0.717, 1.165) is 0 Å². The summed E-state index contributed by atoms with van der Waals surface area (Å²) in [5.74, 6) is -1.05. The molecule has 0 saturated heterocycles. The van der Waals surface area contributed by atoms with Crippen molar-refractivity contribution in [3.63, 3.8) is 0 Å². The van der Waals surface area contributed by atoms with Gasteiger partial charge in [0.1, 0.15) is 5.75 Å². The van der Waals surface area contributed by atoms with Crippen LogP contribution in [0.1, 0.15) is 31.9 Å². The van der Waals surface area contributed by atoms with Crippen molar-refractivity contribution in [2.75, 3.05) is 5.32 Å². The van der Waals surface area contributed by atoms with E-state index in [9.17, 15) is 9.18 Å². The van der Waals surface area contributed by atoms with Crippen LogP contribution in [0, 0.1) is 11.3 Å². The van der Waals surface area contributed by atoms with Crippen LogP contribution in [0.5, 0.6) is 5.75 Å². The van der Waals surface area contributed by atoms with E-state index in [1.54, 1.807) is 48.5 Å². The average Bonchev–Trinajstić information content (AvgIpc) is 2.61. The first-order chi connectivity index (χ1) is 11.9. The lowest BCUT2D eigenvalue weighted by Gasteiger charge is -2.11. The van der Waals surface area contributed by atoms with E-state index in [1.165, 1.54) is 6.92 Å². The molecule has 1 N–H and O–H groups in total. The maximum Gasteiger partial charge on any atom is 0.284 e. The number of ether oxygens (including phenoxy) is 1. The molecule has 25 heavy (non-hydrogen) atoms. The third-order valence-electron chi connectivity index (χ3n) is 3.44. The van der Waals surface area contributed by atoms with E-state index in [0.29, 0.717) is 22.6 Å². The monoisotopic (exact) mass is 338 g/mol. The summed E-state index contributed by atoms with van der Waals surface area (Å²) >= 11 is 0. The van der Waals surface area contributed by atoms with Crippen molar-refractivity contribution >= 4 is 17.2 Å². The summed E-state index contributed by atoms with van der Waals surface area (Å²) in [5, 5.41) is 11.4. The smallest absolute Gasteiger partial charge is 0.284 e. The molecule has 2 rings (SSSR count). The highest BCUT2D eigenvalue weighted by atomic mass is 19.1. The van der Waals surface area contributed by atoms with Crippen molar-refractivity contribution in [2.45, 2.75) is 26.9 Å². The van der Waals surface area contributed by atoms with E-state index in [-0.39, 0.29) is 11.7 Å². The zero-order valence-electron chi connectivity index (χ0n) is 14.3. The Labute approximate surface area is 146 Å². The summed E-state index contributed by atoms with van der Waals surface area (Å²) in [6.07, 6.45) is 0.0487. The lowest BCUT2D eigenvalue weighted by atomic mass is 10.0. The molecule has 1 amide bonds. The molecule has 0 fully saturated rings. The number of hydrogen-bond donors (Lipinski definition) is 1. The van der Waals surface area contributed by atoms with Gasteiger partial charge in [-0.2, -0.15) is 5.26 Å². The summed E-state index contributed by atoms with van der Waals surface area (Å²) < 4.78 is 19.9. The number of rotatable bonds is 5. The van der Waals surface area contributed by atoms with Gasteiger partial charge >= 0.3 is 0 Å². The Morgan fingerprint density at radius 1 is 1.20 bits per heavy atom. The van der Waals surface area contributed by atoms with E-state index in [4.69, 9.17) is 10.00 Å². The van der Waals surface area contributed by atoms with Gasteiger partial charge in [-0.3, -0.25) is 4.79 Å². The van der Waals surface area contributed by atoms with E-state index in [2.05, 4.69) is 5.32 Å². The average molecular weight is 338 g/mol. The Morgan fingerprint density at radius 2 is 1.88 bits per heavy atom. The van der Waals surface area contributed by atoms with Gasteiger partial charge in [0.2, 0.25) is 0 Å². The Kier molecular flexibility index (Phi) is 5.91. The summed E-state index contributed by atoms with van der Waals surface area (Å²) in [4.78, 5) is 12.1. The van der Waals surface area contributed by atoms with Crippen molar-refractivity contribution in [3.8, 4) is 11.8 Å². The number of nitrogens with zero attached hydrogens (tertiary/aromatic N) is 1. The standard InChI is InChI=1S/C20H19FN2O2/c1-13(2)25-18-9-7-17(8-10-18)23-20(24)19(21)14(3)16-6-4-5-15(11-16)12-22/h4-11,13H,1-3H3,(H,23,24)/b19-14+. The van der Waals surface area contributed by atoms with E-state index < -0.39 is 11.7 Å². The van der Waals surface area contributed by atoms with Crippen LogP contribution in [0.2, 0.25) is 0 Å². The molecule has 0 aliphatic heterocycles. The molecule has 0 aliphatic rings. The molecule has 2 aromatic carbocycles. The lowest BCUT2D eigenvalue weighted by Crippen LogP contribution is -2.13. The molecule has 5 heteroatoms. The number of anilines is 1. The SMILES string of the molecule is C/C(=C(\F)C(=O)Nc1ccc(OC(C)C)cc1)c1cccc(C#N)c1. The molecule has 128 valence electrons. The highest BCUT2D eigenvalue weighted by molar-refractivity contribution is 6.06. The van der Waals surface area contributed by atoms with Crippen LogP contribution in [-0.4, -0.2) is 12.0 Å². The molecule has 0 radical (unpaired) electrons. The van der Waals surface area contributed by atoms with E-state index >= 15 is 0 Å². The first-order valence-corrected chi connectivity index (χ1v) is 7.85. The van der Waals surface area contributed by atoms with Gasteiger partial charge in [-0.05, 0) is 68.3 Å². The van der Waals surface area contributed by atoms with Gasteiger partial charge in [-0.1, -0.05) is 12.1 Å². The minimum absolute atomic E-state index is 0.0487. The van der Waals surface area contributed by atoms with Crippen molar-refractivity contribution in [1.29, 1.82) is 5.26 Å². The zero-order chi connectivity index (χ0) is 18.4. The summed E-state index contributed by atoms with van der Waals surface area (Å²) in [5.41, 5.74) is 1.54. The normalized spacial score (nSPS) is 11.5. The minimum atomic E-state index is -0.891. The number of carbonyl (C=O) groups is 1. The van der Waals surface area contributed by atoms with Crippen LogP contribution >= 0.6 is 0 Å². The Bertz CT molecular complexity index is 834. The molecular formula is C20H19FN2O2. The fourth-order valence-electron chi connectivity index (χ4n) is 2.19. The number of halogens is 1. The first-order valence-electron chi connectivity index (χ1n) is 7.85. The summed E-state index contributed by atoms with van der Waals surface area (Å²) in [6.45, 7) is 5.34. The third-order valence-corrected chi connectivity index (χ3v) is 3.44. The number of hydrogen-bond acceptors (Lipinski definition) is 3. The van der Waals surface area contributed by atoms with Crippen molar-refractivity contribution in [2.24, 2.45) is 0 Å².